The molecule has 6 nitrogen and oxygen atoms in total. The topological polar surface area (TPSA) is 93.2 Å². The van der Waals surface area contributed by atoms with Crippen LogP contribution in [-0.2, 0) is 9.53 Å². The lowest BCUT2D eigenvalue weighted by molar-refractivity contribution is -0.122. The molecule has 0 N–H and O–H groups in total. The SMILES string of the molecule is Cc1csc([C@@H](C#N)C(=O)COC(=O)c2ccc(-c3ccccc3F)o2)n1. The van der Waals surface area contributed by atoms with Gasteiger partial charge in [0.25, 0.3) is 0 Å². The van der Waals surface area contributed by atoms with E-state index in [4.69, 9.17) is 9.15 Å². The van der Waals surface area contributed by atoms with Crippen molar-refractivity contribution in [2.45, 2.75) is 12.8 Å². The first-order valence-corrected chi connectivity index (χ1v) is 8.73. The van der Waals surface area contributed by atoms with E-state index < -0.39 is 30.1 Å². The molecular weight excluding hydrogens is 371 g/mol. The van der Waals surface area contributed by atoms with Crippen molar-refractivity contribution in [3.8, 4) is 17.4 Å². The van der Waals surface area contributed by atoms with E-state index in [-0.39, 0.29) is 17.1 Å². The zero-order chi connectivity index (χ0) is 19.4. The summed E-state index contributed by atoms with van der Waals surface area (Å²) in [6, 6.07) is 10.6. The van der Waals surface area contributed by atoms with Crippen molar-refractivity contribution in [2.24, 2.45) is 0 Å². The number of aryl methyl sites for hydroxylation is 1. The summed E-state index contributed by atoms with van der Waals surface area (Å²) in [7, 11) is 0. The predicted molar refractivity (Wildman–Crippen MR) is 94.6 cm³/mol. The Morgan fingerprint density at radius 1 is 1.33 bits per heavy atom. The Morgan fingerprint density at radius 2 is 2.11 bits per heavy atom. The van der Waals surface area contributed by atoms with Gasteiger partial charge in [-0.2, -0.15) is 5.26 Å². The van der Waals surface area contributed by atoms with Crippen molar-refractivity contribution in [3.63, 3.8) is 0 Å². The van der Waals surface area contributed by atoms with Crippen molar-refractivity contribution in [3.05, 3.63) is 64.1 Å². The van der Waals surface area contributed by atoms with Gasteiger partial charge in [0.05, 0.1) is 11.6 Å². The maximum absolute atomic E-state index is 13.8. The molecule has 27 heavy (non-hydrogen) atoms. The zero-order valence-electron chi connectivity index (χ0n) is 14.1. The third-order valence-electron chi connectivity index (χ3n) is 3.63. The number of Topliss-reactive ketones (excluding diaryl/α,β-unsaturated/α-hetero) is 1. The maximum atomic E-state index is 13.8. The Hall–Kier alpha value is -3.31. The molecule has 3 aromatic rings. The Kier molecular flexibility index (Phi) is 5.43. The summed E-state index contributed by atoms with van der Waals surface area (Å²) in [6.45, 7) is 1.16. The minimum Gasteiger partial charge on any atom is -0.452 e. The van der Waals surface area contributed by atoms with Crippen LogP contribution < -0.4 is 0 Å². The van der Waals surface area contributed by atoms with Gasteiger partial charge < -0.3 is 9.15 Å². The van der Waals surface area contributed by atoms with E-state index >= 15 is 0 Å². The van der Waals surface area contributed by atoms with E-state index in [2.05, 4.69) is 4.98 Å². The van der Waals surface area contributed by atoms with E-state index in [1.54, 1.807) is 18.4 Å². The molecule has 0 saturated carbocycles. The fourth-order valence-corrected chi connectivity index (χ4v) is 3.18. The minimum absolute atomic E-state index is 0.166. The van der Waals surface area contributed by atoms with Gasteiger partial charge in [-0.25, -0.2) is 14.2 Å². The average molecular weight is 384 g/mol. The van der Waals surface area contributed by atoms with Crippen molar-refractivity contribution >= 4 is 23.1 Å². The van der Waals surface area contributed by atoms with E-state index in [1.807, 2.05) is 6.07 Å². The molecule has 0 saturated heterocycles. The average Bonchev–Trinajstić information content (AvgIpc) is 3.30. The molecule has 1 aromatic carbocycles. The van der Waals surface area contributed by atoms with Crippen LogP contribution in [-0.4, -0.2) is 23.3 Å². The van der Waals surface area contributed by atoms with Gasteiger partial charge in [0, 0.05) is 11.1 Å². The first kappa shape index (κ1) is 18.5. The van der Waals surface area contributed by atoms with E-state index in [9.17, 15) is 19.2 Å². The van der Waals surface area contributed by atoms with Crippen LogP contribution >= 0.6 is 11.3 Å². The number of thiazole rings is 1. The number of carbonyl (C=O) groups is 2. The smallest absolute Gasteiger partial charge is 0.374 e. The second-order valence-electron chi connectivity index (χ2n) is 5.58. The standard InChI is InChI=1S/C19H13FN2O4S/c1-11-10-27-18(22-11)13(8-21)15(23)9-25-19(24)17-7-6-16(26-17)12-4-2-3-5-14(12)20/h2-7,10,13H,9H2,1H3/t13-/m0/s1. The highest BCUT2D eigenvalue weighted by Gasteiger charge is 2.25. The maximum Gasteiger partial charge on any atom is 0.374 e. The van der Waals surface area contributed by atoms with Gasteiger partial charge in [0.15, 0.2) is 18.3 Å². The lowest BCUT2D eigenvalue weighted by atomic mass is 10.1. The number of hydrogen-bond donors (Lipinski definition) is 0. The number of ether oxygens (including phenoxy) is 1. The lowest BCUT2D eigenvalue weighted by Gasteiger charge is -2.05. The third kappa shape index (κ3) is 4.10. The fraction of sp³-hybridized carbons (Fsp3) is 0.158. The Labute approximate surface area is 157 Å². The molecule has 1 atom stereocenters. The number of nitriles is 1. The van der Waals surface area contributed by atoms with Crippen molar-refractivity contribution in [2.75, 3.05) is 6.61 Å². The minimum atomic E-state index is -1.10. The van der Waals surface area contributed by atoms with Gasteiger partial charge in [-0.1, -0.05) is 12.1 Å². The third-order valence-corrected chi connectivity index (χ3v) is 4.65. The number of rotatable bonds is 6. The Balaban J connectivity index is 1.65. The molecule has 0 amide bonds. The summed E-state index contributed by atoms with van der Waals surface area (Å²) in [4.78, 5) is 28.4. The molecule has 0 fully saturated rings. The second kappa shape index (κ2) is 7.93. The highest BCUT2D eigenvalue weighted by molar-refractivity contribution is 7.09. The molecule has 0 aliphatic heterocycles. The normalized spacial score (nSPS) is 11.6. The molecule has 2 heterocycles. The summed E-state index contributed by atoms with van der Waals surface area (Å²) in [6.07, 6.45) is 0. The molecule has 0 aliphatic carbocycles. The monoisotopic (exact) mass is 384 g/mol. The van der Waals surface area contributed by atoms with Gasteiger partial charge in [-0.05, 0) is 31.2 Å². The highest BCUT2D eigenvalue weighted by Crippen LogP contribution is 2.25. The summed E-state index contributed by atoms with van der Waals surface area (Å²) in [5.74, 6) is -3.04. The number of nitrogens with zero attached hydrogens (tertiary/aromatic N) is 2. The first-order valence-electron chi connectivity index (χ1n) is 7.86. The summed E-state index contributed by atoms with van der Waals surface area (Å²) >= 11 is 1.19. The molecule has 136 valence electrons. The number of ketones is 1. The summed E-state index contributed by atoms with van der Waals surface area (Å²) in [5, 5.41) is 11.3. The molecule has 0 radical (unpaired) electrons. The quantitative estimate of drug-likeness (QED) is 0.599. The number of halogens is 1. The molecule has 3 rings (SSSR count). The molecule has 0 unspecified atom stereocenters. The van der Waals surface area contributed by atoms with Crippen LogP contribution in [0.3, 0.4) is 0 Å². The number of aromatic nitrogens is 1. The molecular formula is C19H13FN2O4S. The van der Waals surface area contributed by atoms with Crippen LogP contribution in [0, 0.1) is 24.1 Å². The van der Waals surface area contributed by atoms with Crippen LogP contribution in [0.5, 0.6) is 0 Å². The predicted octanol–water partition coefficient (Wildman–Crippen LogP) is 3.88. The van der Waals surface area contributed by atoms with Crippen LogP contribution in [0.25, 0.3) is 11.3 Å². The zero-order valence-corrected chi connectivity index (χ0v) is 15.0. The molecule has 0 bridgehead atoms. The largest absolute Gasteiger partial charge is 0.452 e. The van der Waals surface area contributed by atoms with Crippen molar-refractivity contribution < 1.29 is 23.1 Å². The Morgan fingerprint density at radius 3 is 2.78 bits per heavy atom. The number of carbonyl (C=O) groups excluding carboxylic acids is 2. The second-order valence-corrected chi connectivity index (χ2v) is 6.47. The fourth-order valence-electron chi connectivity index (χ4n) is 2.31. The summed E-state index contributed by atoms with van der Waals surface area (Å²) in [5.41, 5.74) is 0.910. The number of hydrogen-bond acceptors (Lipinski definition) is 7. The van der Waals surface area contributed by atoms with Gasteiger partial charge in [0.1, 0.15) is 16.6 Å². The van der Waals surface area contributed by atoms with Crippen LogP contribution in [0.4, 0.5) is 4.39 Å². The number of furan rings is 1. The Bertz CT molecular complexity index is 1030. The van der Waals surface area contributed by atoms with Crippen molar-refractivity contribution in [1.29, 1.82) is 5.26 Å². The number of esters is 1. The van der Waals surface area contributed by atoms with Gasteiger partial charge in [-0.3, -0.25) is 4.79 Å². The molecule has 8 heteroatoms. The number of benzene rings is 1. The van der Waals surface area contributed by atoms with Gasteiger partial charge in [0.2, 0.25) is 5.76 Å². The van der Waals surface area contributed by atoms with Crippen molar-refractivity contribution in [1.82, 2.24) is 4.98 Å². The first-order chi connectivity index (χ1) is 13.0. The molecule has 0 spiro atoms. The highest BCUT2D eigenvalue weighted by atomic mass is 32.1. The van der Waals surface area contributed by atoms with E-state index in [0.29, 0.717) is 10.7 Å². The van der Waals surface area contributed by atoms with E-state index in [1.165, 1.54) is 41.7 Å². The summed E-state index contributed by atoms with van der Waals surface area (Å²) < 4.78 is 24.0. The van der Waals surface area contributed by atoms with Gasteiger partial charge in [-0.15, -0.1) is 11.3 Å². The molecule has 2 aromatic heterocycles. The van der Waals surface area contributed by atoms with Crippen LogP contribution in [0.15, 0.2) is 46.2 Å². The molecule has 0 aliphatic rings. The van der Waals surface area contributed by atoms with Crippen LogP contribution in [0.2, 0.25) is 0 Å². The van der Waals surface area contributed by atoms with Gasteiger partial charge >= 0.3 is 5.97 Å². The van der Waals surface area contributed by atoms with Crippen LogP contribution in [0.1, 0.15) is 27.2 Å². The van der Waals surface area contributed by atoms with E-state index in [0.717, 1.165) is 0 Å². The lowest BCUT2D eigenvalue weighted by Crippen LogP contribution is -2.19.